The Morgan fingerprint density at radius 1 is 1.38 bits per heavy atom. The fourth-order valence-electron chi connectivity index (χ4n) is 2.44. The van der Waals surface area contributed by atoms with Crippen LogP contribution in [-0.4, -0.2) is 36.1 Å². The van der Waals surface area contributed by atoms with Crippen LogP contribution in [0.15, 0.2) is 46.3 Å². The van der Waals surface area contributed by atoms with E-state index in [4.69, 9.17) is 15.0 Å². The van der Waals surface area contributed by atoms with Gasteiger partial charge < -0.3 is 32.3 Å². The smallest absolute Gasteiger partial charge is 0.468 e. The Kier molecular flexibility index (Phi) is 6.49. The Balaban J connectivity index is 0.000000431. The molecule has 0 amide bonds. The number of thioether (sulfide) groups is 1. The normalized spacial score (nSPS) is 21.6. The van der Waals surface area contributed by atoms with E-state index in [1.165, 1.54) is 12.0 Å². The summed E-state index contributed by atoms with van der Waals surface area (Å²) in [5.41, 5.74) is 11.1. The van der Waals surface area contributed by atoms with Gasteiger partial charge in [-0.3, -0.25) is 0 Å². The fourth-order valence-corrected chi connectivity index (χ4v) is 3.64. The van der Waals surface area contributed by atoms with Crippen molar-refractivity contribution in [1.29, 1.82) is 0 Å². The third kappa shape index (κ3) is 5.64. The molecule has 0 N–H and O–H groups in total. The minimum atomic E-state index is -6.00. The van der Waals surface area contributed by atoms with Crippen LogP contribution in [0.3, 0.4) is 0 Å². The zero-order valence-electron chi connectivity index (χ0n) is 13.6. The van der Waals surface area contributed by atoms with Crippen molar-refractivity contribution in [1.82, 2.24) is 0 Å². The van der Waals surface area contributed by atoms with E-state index in [1.54, 1.807) is 30.2 Å². The number of methoxy groups -OCH3 is 1. The Morgan fingerprint density at radius 3 is 2.69 bits per heavy atom. The minimum absolute atomic E-state index is 0.138. The predicted molar refractivity (Wildman–Crippen MR) is 89.5 cm³/mol. The highest BCUT2D eigenvalue weighted by molar-refractivity contribution is 8.04. The van der Waals surface area contributed by atoms with Gasteiger partial charge in [0.05, 0.1) is 30.6 Å². The molecular weight excluding hydrogens is 375 g/mol. The molecule has 3 aliphatic rings. The lowest BCUT2D eigenvalue weighted by Crippen LogP contribution is -2.12. The second-order valence-corrected chi connectivity index (χ2v) is 6.65. The van der Waals surface area contributed by atoms with Gasteiger partial charge in [0.25, 0.3) is 5.71 Å². The van der Waals surface area contributed by atoms with Crippen LogP contribution < -0.4 is 0 Å². The van der Waals surface area contributed by atoms with Gasteiger partial charge in [0.15, 0.2) is 0 Å². The molecule has 1 heterocycles. The Hall–Kier alpha value is -2.26. The molecule has 0 aromatic carbocycles. The summed E-state index contributed by atoms with van der Waals surface area (Å²) < 4.78 is 49.5. The molecular formula is C15H14BF4N2O3S-. The molecule has 0 aromatic rings. The van der Waals surface area contributed by atoms with Crippen LogP contribution in [0.5, 0.6) is 0 Å². The maximum Gasteiger partial charge on any atom is 0.673 e. The van der Waals surface area contributed by atoms with E-state index in [9.17, 15) is 22.1 Å². The summed E-state index contributed by atoms with van der Waals surface area (Å²) in [6, 6.07) is 0. The van der Waals surface area contributed by atoms with Crippen LogP contribution in [0, 0.1) is 0 Å². The van der Waals surface area contributed by atoms with Crippen LogP contribution in [-0.2, 0) is 14.3 Å². The molecule has 2 aliphatic carbocycles. The molecule has 1 unspecified atom stereocenters. The van der Waals surface area contributed by atoms with Gasteiger partial charge >= 0.3 is 13.2 Å². The van der Waals surface area contributed by atoms with E-state index in [-0.39, 0.29) is 11.2 Å². The van der Waals surface area contributed by atoms with Gasteiger partial charge in [-0.2, -0.15) is 4.79 Å². The molecule has 3 rings (SSSR count). The first-order chi connectivity index (χ1) is 12.2. The fraction of sp³-hybridized carbons (Fsp3) is 0.333. The van der Waals surface area contributed by atoms with E-state index >= 15 is 0 Å². The van der Waals surface area contributed by atoms with Crippen LogP contribution in [0.2, 0.25) is 0 Å². The van der Waals surface area contributed by atoms with Crippen LogP contribution in [0.1, 0.15) is 19.3 Å². The number of allylic oxidation sites excluding steroid dienone is 3. The Morgan fingerprint density at radius 2 is 2.08 bits per heavy atom. The number of fused-ring (bicyclic) bond motifs is 1. The van der Waals surface area contributed by atoms with E-state index in [2.05, 4.69) is 4.79 Å². The lowest BCUT2D eigenvalue weighted by Gasteiger charge is -2.18. The second kappa shape index (κ2) is 8.42. The van der Waals surface area contributed by atoms with Gasteiger partial charge in [-0.1, -0.05) is 12.2 Å². The predicted octanol–water partition coefficient (Wildman–Crippen LogP) is 4.04. The van der Waals surface area contributed by atoms with Crippen molar-refractivity contribution in [3.63, 3.8) is 0 Å². The zero-order valence-corrected chi connectivity index (χ0v) is 14.4. The van der Waals surface area contributed by atoms with Gasteiger partial charge in [-0.05, 0) is 12.5 Å². The van der Waals surface area contributed by atoms with Crippen molar-refractivity contribution in [2.24, 2.45) is 0 Å². The number of rotatable bonds is 1. The molecule has 0 bridgehead atoms. The first-order valence-electron chi connectivity index (χ1n) is 7.52. The van der Waals surface area contributed by atoms with Gasteiger partial charge in [-0.15, -0.1) is 11.8 Å². The maximum atomic E-state index is 11.6. The molecule has 0 radical (unpaired) electrons. The standard InChI is InChI=1S/C15H14N2O3S.BF4/c1-19-15(18)9-2-4-13-10(6-9)8-20-12-7-11(17-16)3-5-14(12)21-13;2-1(3,4)5/h2,4,6,8,13H,3,5,7H2,1H3;/q;-1. The summed E-state index contributed by atoms with van der Waals surface area (Å²) >= 11 is 1.72. The second-order valence-electron chi connectivity index (χ2n) is 5.41. The van der Waals surface area contributed by atoms with Crippen molar-refractivity contribution in [2.75, 3.05) is 7.11 Å². The molecule has 1 atom stereocenters. The third-order valence-corrected chi connectivity index (χ3v) is 4.99. The van der Waals surface area contributed by atoms with E-state index in [0.29, 0.717) is 12.0 Å². The van der Waals surface area contributed by atoms with E-state index < -0.39 is 7.25 Å². The SMILES string of the molecule is COC(=O)C1=CC2=COC3=C(CCC(=[N+]=[N-])C3)SC2C=C1.F[B-](F)(F)F. The average Bonchev–Trinajstić information content (AvgIpc) is 2.77. The molecule has 0 saturated carbocycles. The zero-order chi connectivity index (χ0) is 19.3. The molecule has 1 aliphatic heterocycles. The lowest BCUT2D eigenvalue weighted by atomic mass is 10.0. The number of hydrogen-bond donors (Lipinski definition) is 0. The van der Waals surface area contributed by atoms with Gasteiger partial charge in [-0.25, -0.2) is 4.79 Å². The van der Waals surface area contributed by atoms with Crippen molar-refractivity contribution in [3.8, 4) is 0 Å². The van der Waals surface area contributed by atoms with Crippen molar-refractivity contribution < 1.29 is 36.3 Å². The summed E-state index contributed by atoms with van der Waals surface area (Å²) in [7, 11) is -4.63. The summed E-state index contributed by atoms with van der Waals surface area (Å²) in [4.78, 5) is 16.1. The maximum absolute atomic E-state index is 11.6. The quantitative estimate of drug-likeness (QED) is 0.223. The Labute approximate surface area is 151 Å². The summed E-state index contributed by atoms with van der Waals surface area (Å²) in [5, 5.41) is 0.138. The number of esters is 1. The monoisotopic (exact) mass is 389 g/mol. The number of halogens is 4. The highest BCUT2D eigenvalue weighted by Crippen LogP contribution is 2.41. The largest absolute Gasteiger partial charge is 0.673 e. The average molecular weight is 389 g/mol. The number of hydrogen-bond acceptors (Lipinski definition) is 4. The van der Waals surface area contributed by atoms with Gasteiger partial charge in [0.2, 0.25) is 0 Å². The number of ether oxygens (including phenoxy) is 2. The summed E-state index contributed by atoms with van der Waals surface area (Å²) in [6.45, 7) is 0. The number of carbonyl (C=O) groups is 1. The minimum Gasteiger partial charge on any atom is -0.468 e. The number of nitrogens with zero attached hydrogens (tertiary/aromatic N) is 2. The molecule has 0 spiro atoms. The Bertz CT molecular complexity index is 761. The lowest BCUT2D eigenvalue weighted by molar-refractivity contribution is -0.135. The van der Waals surface area contributed by atoms with Crippen LogP contribution >= 0.6 is 11.8 Å². The highest BCUT2D eigenvalue weighted by atomic mass is 32.2. The highest BCUT2D eigenvalue weighted by Gasteiger charge is 2.30. The summed E-state index contributed by atoms with van der Waals surface area (Å²) in [5.74, 6) is 0.481. The molecule has 0 aromatic heterocycles. The topological polar surface area (TPSA) is 71.9 Å². The molecule has 0 fully saturated rings. The van der Waals surface area contributed by atoms with E-state index in [1.807, 2.05) is 6.08 Å². The molecule has 0 saturated heterocycles. The van der Waals surface area contributed by atoms with Crippen molar-refractivity contribution in [3.05, 3.63) is 51.8 Å². The number of carbonyl (C=O) groups excluding carboxylic acids is 1. The van der Waals surface area contributed by atoms with Gasteiger partial charge in [0.1, 0.15) is 12.2 Å². The molecule has 11 heteroatoms. The first kappa shape index (κ1) is 20.1. The van der Waals surface area contributed by atoms with Crippen LogP contribution in [0.4, 0.5) is 17.3 Å². The summed E-state index contributed by atoms with van der Waals surface area (Å²) in [6.07, 6.45) is 9.34. The molecule has 26 heavy (non-hydrogen) atoms. The third-order valence-electron chi connectivity index (χ3n) is 3.59. The van der Waals surface area contributed by atoms with Crippen molar-refractivity contribution in [2.45, 2.75) is 24.5 Å². The molecule has 5 nitrogen and oxygen atoms in total. The van der Waals surface area contributed by atoms with Crippen molar-refractivity contribution >= 4 is 30.7 Å². The first-order valence-corrected chi connectivity index (χ1v) is 8.40. The van der Waals surface area contributed by atoms with E-state index in [0.717, 1.165) is 29.9 Å². The molecule has 140 valence electrons. The van der Waals surface area contributed by atoms with Crippen LogP contribution in [0.25, 0.3) is 5.53 Å². The van der Waals surface area contributed by atoms with Gasteiger partial charge in [0, 0.05) is 10.5 Å².